The number of hydrogen-bond donors (Lipinski definition) is 0. The van der Waals surface area contributed by atoms with Crippen molar-refractivity contribution in [3.05, 3.63) is 56.0 Å². The molecule has 2 aromatic rings. The van der Waals surface area contributed by atoms with E-state index in [2.05, 4.69) is 4.98 Å². The van der Waals surface area contributed by atoms with Crippen molar-refractivity contribution >= 4 is 34.8 Å². The summed E-state index contributed by atoms with van der Waals surface area (Å²) in [6.45, 7) is 0. The molecule has 0 spiro atoms. The summed E-state index contributed by atoms with van der Waals surface area (Å²) >= 11 is 7.86. The van der Waals surface area contributed by atoms with Crippen LogP contribution in [0.5, 0.6) is 0 Å². The molecule has 1 aromatic carbocycles. The van der Waals surface area contributed by atoms with Gasteiger partial charge in [-0.15, -0.1) is 11.3 Å². The predicted molar refractivity (Wildman–Crippen MR) is 81.6 cm³/mol. The van der Waals surface area contributed by atoms with E-state index >= 15 is 0 Å². The van der Waals surface area contributed by atoms with Crippen LogP contribution >= 0.6 is 22.9 Å². The Kier molecular flexibility index (Phi) is 2.79. The Hall–Kier alpha value is -1.45. The maximum atomic E-state index is 12.4. The Morgan fingerprint density at radius 3 is 2.95 bits per heavy atom. The van der Waals surface area contributed by atoms with Crippen LogP contribution in [0.15, 0.2) is 29.2 Å². The molecule has 0 unspecified atom stereocenters. The molecule has 20 heavy (non-hydrogen) atoms. The third-order valence-electron chi connectivity index (χ3n) is 3.81. The van der Waals surface area contributed by atoms with E-state index in [4.69, 9.17) is 11.6 Å². The molecule has 0 saturated heterocycles. The maximum absolute atomic E-state index is 12.4. The summed E-state index contributed by atoms with van der Waals surface area (Å²) < 4.78 is 0. The van der Waals surface area contributed by atoms with Gasteiger partial charge in [0.2, 0.25) is 0 Å². The topological polar surface area (TPSA) is 30.0 Å². The summed E-state index contributed by atoms with van der Waals surface area (Å²) in [6.07, 6.45) is 5.04. The van der Waals surface area contributed by atoms with Gasteiger partial charge in [-0.3, -0.25) is 4.79 Å². The highest BCUT2D eigenvalue weighted by Gasteiger charge is 2.28. The van der Waals surface area contributed by atoms with Crippen LogP contribution in [0.25, 0.3) is 6.08 Å². The highest BCUT2D eigenvalue weighted by molar-refractivity contribution is 7.09. The van der Waals surface area contributed by atoms with E-state index in [0.29, 0.717) is 17.4 Å². The lowest BCUT2D eigenvalue weighted by atomic mass is 10.1. The standard InChI is InChI=1S/C16H12ClNOS/c17-14-3-1-2-12-13(14)7-10(15(12)19)6-11-8-20-16(18-11)9-4-5-9/h1-3,6,8-9H,4-5,7H2/b10-6-. The van der Waals surface area contributed by atoms with Gasteiger partial charge in [0.25, 0.3) is 0 Å². The number of ketones is 1. The molecule has 1 aromatic heterocycles. The second-order valence-electron chi connectivity index (χ2n) is 5.33. The van der Waals surface area contributed by atoms with Crippen molar-refractivity contribution in [2.75, 3.05) is 0 Å². The van der Waals surface area contributed by atoms with Gasteiger partial charge in [0, 0.05) is 33.9 Å². The van der Waals surface area contributed by atoms with Crippen LogP contribution < -0.4 is 0 Å². The average molecular weight is 302 g/mol. The minimum atomic E-state index is 0.0865. The Morgan fingerprint density at radius 2 is 2.20 bits per heavy atom. The van der Waals surface area contributed by atoms with Gasteiger partial charge in [0.05, 0.1) is 10.7 Å². The van der Waals surface area contributed by atoms with Gasteiger partial charge in [0.15, 0.2) is 5.78 Å². The molecule has 2 aliphatic rings. The third kappa shape index (κ3) is 2.02. The number of Topliss-reactive ketones (excluding diaryl/α,β-unsaturated/α-hetero) is 1. The number of allylic oxidation sites excluding steroid dienone is 1. The van der Waals surface area contributed by atoms with E-state index in [9.17, 15) is 4.79 Å². The van der Waals surface area contributed by atoms with Crippen molar-refractivity contribution in [3.63, 3.8) is 0 Å². The van der Waals surface area contributed by atoms with Crippen LogP contribution in [0.4, 0.5) is 0 Å². The van der Waals surface area contributed by atoms with Gasteiger partial charge >= 0.3 is 0 Å². The van der Waals surface area contributed by atoms with Gasteiger partial charge < -0.3 is 0 Å². The zero-order valence-corrected chi connectivity index (χ0v) is 12.3. The van der Waals surface area contributed by atoms with Gasteiger partial charge in [-0.25, -0.2) is 4.98 Å². The molecule has 1 heterocycles. The smallest absolute Gasteiger partial charge is 0.189 e. The van der Waals surface area contributed by atoms with Crippen LogP contribution in [-0.2, 0) is 6.42 Å². The summed E-state index contributed by atoms with van der Waals surface area (Å²) in [6, 6.07) is 5.52. The first-order chi connectivity index (χ1) is 9.72. The molecular formula is C16H12ClNOS. The number of fused-ring (bicyclic) bond motifs is 1. The number of thiazole rings is 1. The fraction of sp³-hybridized carbons (Fsp3) is 0.250. The summed E-state index contributed by atoms with van der Waals surface area (Å²) in [5, 5.41) is 3.92. The van der Waals surface area contributed by atoms with Crippen LogP contribution in [0, 0.1) is 0 Å². The third-order valence-corrected chi connectivity index (χ3v) is 5.19. The maximum Gasteiger partial charge on any atom is 0.189 e. The molecule has 4 heteroatoms. The molecule has 1 saturated carbocycles. The van der Waals surface area contributed by atoms with Gasteiger partial charge in [-0.1, -0.05) is 23.7 Å². The van der Waals surface area contributed by atoms with Crippen molar-refractivity contribution in [1.82, 2.24) is 4.98 Å². The number of benzene rings is 1. The van der Waals surface area contributed by atoms with Crippen LogP contribution in [0.3, 0.4) is 0 Å². The second kappa shape index (κ2) is 4.54. The number of aromatic nitrogens is 1. The van der Waals surface area contributed by atoms with E-state index < -0.39 is 0 Å². The molecule has 1 fully saturated rings. The minimum Gasteiger partial charge on any atom is -0.289 e. The lowest BCUT2D eigenvalue weighted by molar-refractivity contribution is 0.104. The Labute approximate surface area is 126 Å². The average Bonchev–Trinajstić information content (AvgIpc) is 3.11. The molecule has 0 aliphatic heterocycles. The van der Waals surface area contributed by atoms with E-state index in [1.165, 1.54) is 17.8 Å². The van der Waals surface area contributed by atoms with Gasteiger partial charge in [-0.2, -0.15) is 0 Å². The number of nitrogens with zero attached hydrogens (tertiary/aromatic N) is 1. The monoisotopic (exact) mass is 301 g/mol. The van der Waals surface area contributed by atoms with Crippen LogP contribution in [-0.4, -0.2) is 10.8 Å². The van der Waals surface area contributed by atoms with Crippen molar-refractivity contribution in [2.45, 2.75) is 25.2 Å². The Bertz CT molecular complexity index is 743. The van der Waals surface area contributed by atoms with Crippen molar-refractivity contribution in [2.24, 2.45) is 0 Å². The van der Waals surface area contributed by atoms with Gasteiger partial charge in [0.1, 0.15) is 0 Å². The molecular weight excluding hydrogens is 290 g/mol. The molecule has 4 rings (SSSR count). The largest absolute Gasteiger partial charge is 0.289 e. The highest BCUT2D eigenvalue weighted by Crippen LogP contribution is 2.41. The zero-order chi connectivity index (χ0) is 13.7. The Balaban J connectivity index is 1.68. The molecule has 100 valence electrons. The molecule has 0 radical (unpaired) electrons. The quantitative estimate of drug-likeness (QED) is 0.765. The Morgan fingerprint density at radius 1 is 1.35 bits per heavy atom. The van der Waals surface area contributed by atoms with Crippen molar-refractivity contribution in [1.29, 1.82) is 0 Å². The van der Waals surface area contributed by atoms with Crippen molar-refractivity contribution in [3.8, 4) is 0 Å². The van der Waals surface area contributed by atoms with Crippen LogP contribution in [0.1, 0.15) is 45.4 Å². The predicted octanol–water partition coefficient (Wildman–Crippen LogP) is 4.50. The fourth-order valence-corrected chi connectivity index (χ4v) is 3.76. The summed E-state index contributed by atoms with van der Waals surface area (Å²) in [7, 11) is 0. The number of carbonyl (C=O) groups excluding carboxylic acids is 1. The zero-order valence-electron chi connectivity index (χ0n) is 10.7. The summed E-state index contributed by atoms with van der Waals surface area (Å²) in [5.41, 5.74) is 3.38. The lowest BCUT2D eigenvalue weighted by Gasteiger charge is -1.97. The molecule has 0 atom stereocenters. The fourth-order valence-electron chi connectivity index (χ4n) is 2.57. The first kappa shape index (κ1) is 12.3. The molecule has 0 N–H and O–H groups in total. The second-order valence-corrected chi connectivity index (χ2v) is 6.62. The summed E-state index contributed by atoms with van der Waals surface area (Å²) in [5.74, 6) is 0.751. The first-order valence-electron chi connectivity index (χ1n) is 6.70. The van der Waals surface area contributed by atoms with E-state index in [0.717, 1.165) is 22.4 Å². The lowest BCUT2D eigenvalue weighted by Crippen LogP contribution is -1.95. The molecule has 2 aliphatic carbocycles. The number of carbonyl (C=O) groups is 1. The SMILES string of the molecule is O=C1/C(=C\c2csc(C3CC3)n2)Cc2c(Cl)cccc21. The summed E-state index contributed by atoms with van der Waals surface area (Å²) in [4.78, 5) is 17.0. The van der Waals surface area contributed by atoms with Crippen LogP contribution in [0.2, 0.25) is 5.02 Å². The van der Waals surface area contributed by atoms with Crippen molar-refractivity contribution < 1.29 is 4.79 Å². The highest BCUT2D eigenvalue weighted by atomic mass is 35.5. The van der Waals surface area contributed by atoms with E-state index in [-0.39, 0.29) is 5.78 Å². The molecule has 0 amide bonds. The minimum absolute atomic E-state index is 0.0865. The number of hydrogen-bond acceptors (Lipinski definition) is 3. The number of rotatable bonds is 2. The molecule has 0 bridgehead atoms. The number of halogens is 1. The van der Waals surface area contributed by atoms with E-state index in [1.54, 1.807) is 11.3 Å². The van der Waals surface area contributed by atoms with Gasteiger partial charge in [-0.05, 0) is 30.5 Å². The first-order valence-corrected chi connectivity index (χ1v) is 7.96. The van der Waals surface area contributed by atoms with E-state index in [1.807, 2.05) is 29.7 Å². The normalized spacial score (nSPS) is 19.6. The molecule has 2 nitrogen and oxygen atoms in total.